The molecule has 1 saturated heterocycles. The van der Waals surface area contributed by atoms with Crippen LogP contribution in [0, 0.1) is 30.3 Å². The molecule has 2 amide bonds. The van der Waals surface area contributed by atoms with Gasteiger partial charge in [-0.05, 0) is 30.9 Å². The number of hydrogen-bond acceptors (Lipinski definition) is 5. The van der Waals surface area contributed by atoms with Gasteiger partial charge in [0.2, 0.25) is 11.8 Å². The normalized spacial score (nSPS) is 19.0. The predicted molar refractivity (Wildman–Crippen MR) is 133 cm³/mol. The summed E-state index contributed by atoms with van der Waals surface area (Å²) in [6, 6.07) is 5.35. The first-order valence-electron chi connectivity index (χ1n) is 12.4. The van der Waals surface area contributed by atoms with E-state index >= 15 is 0 Å². The van der Waals surface area contributed by atoms with Crippen molar-refractivity contribution in [2.45, 2.75) is 58.3 Å². The third-order valence-corrected chi connectivity index (χ3v) is 6.72. The fourth-order valence-corrected chi connectivity index (χ4v) is 4.83. The Bertz CT molecular complexity index is 1300. The lowest BCUT2D eigenvalue weighted by molar-refractivity contribution is -0.142. The average molecular weight is 530 g/mol. The Morgan fingerprint density at radius 3 is 2.26 bits per heavy atom. The molecule has 202 valence electrons. The van der Waals surface area contributed by atoms with E-state index < -0.39 is 47.6 Å². The maximum Gasteiger partial charge on any atom is 0.248 e. The van der Waals surface area contributed by atoms with Crippen LogP contribution in [0.5, 0.6) is 0 Å². The second kappa shape index (κ2) is 10.9. The van der Waals surface area contributed by atoms with Crippen molar-refractivity contribution in [3.8, 4) is 11.1 Å². The smallest absolute Gasteiger partial charge is 0.248 e. The molecule has 2 aromatic carbocycles. The molecule has 3 aromatic rings. The SMILES string of the molecule is Cc1cn([C@H](C(=O)N2C[C@H](O)C[C@H]2C(=O)N[C@@H](C)c2ccc(-c3c(F)cc(F)cc3F)cc2)C(C)C)nn1. The van der Waals surface area contributed by atoms with Gasteiger partial charge in [0.05, 0.1) is 23.4 Å². The van der Waals surface area contributed by atoms with Gasteiger partial charge in [0, 0.05) is 31.3 Å². The number of aromatic nitrogens is 3. The van der Waals surface area contributed by atoms with E-state index in [9.17, 15) is 27.9 Å². The summed E-state index contributed by atoms with van der Waals surface area (Å²) in [6.07, 6.45) is 0.905. The number of nitrogens with one attached hydrogen (secondary N) is 1. The lowest BCUT2D eigenvalue weighted by Crippen LogP contribution is -2.49. The van der Waals surface area contributed by atoms with E-state index in [1.54, 1.807) is 32.2 Å². The van der Waals surface area contributed by atoms with Gasteiger partial charge in [-0.3, -0.25) is 9.59 Å². The van der Waals surface area contributed by atoms with Gasteiger partial charge < -0.3 is 15.3 Å². The fraction of sp³-hybridized carbons (Fsp3) is 0.407. The van der Waals surface area contributed by atoms with E-state index in [4.69, 9.17) is 0 Å². The first-order valence-corrected chi connectivity index (χ1v) is 12.4. The summed E-state index contributed by atoms with van der Waals surface area (Å²) < 4.78 is 43.0. The number of likely N-dealkylation sites (tertiary alicyclic amines) is 1. The molecule has 4 rings (SSSR count). The van der Waals surface area contributed by atoms with E-state index in [0.29, 0.717) is 23.4 Å². The highest BCUT2D eigenvalue weighted by Gasteiger charge is 2.42. The van der Waals surface area contributed by atoms with E-state index in [0.717, 1.165) is 0 Å². The Morgan fingerprint density at radius 2 is 1.71 bits per heavy atom. The number of nitrogens with zero attached hydrogens (tertiary/aromatic N) is 4. The molecule has 0 unspecified atom stereocenters. The Morgan fingerprint density at radius 1 is 1.08 bits per heavy atom. The van der Waals surface area contributed by atoms with Crippen LogP contribution in [0.25, 0.3) is 11.1 Å². The molecule has 1 aromatic heterocycles. The van der Waals surface area contributed by atoms with Crippen molar-refractivity contribution in [1.29, 1.82) is 0 Å². The van der Waals surface area contributed by atoms with E-state index in [1.165, 1.54) is 21.7 Å². The largest absolute Gasteiger partial charge is 0.391 e. The molecule has 2 N–H and O–H groups in total. The van der Waals surface area contributed by atoms with Crippen molar-refractivity contribution in [3.05, 3.63) is 71.3 Å². The van der Waals surface area contributed by atoms with Gasteiger partial charge in [-0.15, -0.1) is 5.10 Å². The van der Waals surface area contributed by atoms with Crippen LogP contribution in [0.4, 0.5) is 13.2 Å². The van der Waals surface area contributed by atoms with Gasteiger partial charge in [-0.25, -0.2) is 17.9 Å². The molecule has 1 fully saturated rings. The Kier molecular flexibility index (Phi) is 7.86. The molecule has 0 spiro atoms. The summed E-state index contributed by atoms with van der Waals surface area (Å²) in [4.78, 5) is 28.2. The molecule has 0 aliphatic carbocycles. The van der Waals surface area contributed by atoms with Crippen LogP contribution in [-0.2, 0) is 9.59 Å². The number of aliphatic hydroxyl groups excluding tert-OH is 1. The molecule has 2 heterocycles. The van der Waals surface area contributed by atoms with Crippen molar-refractivity contribution >= 4 is 11.8 Å². The zero-order chi connectivity index (χ0) is 27.7. The molecule has 0 radical (unpaired) electrons. The van der Waals surface area contributed by atoms with Crippen LogP contribution in [0.2, 0.25) is 0 Å². The minimum atomic E-state index is -1.01. The van der Waals surface area contributed by atoms with Crippen molar-refractivity contribution in [3.63, 3.8) is 0 Å². The first-order chi connectivity index (χ1) is 18.0. The summed E-state index contributed by atoms with van der Waals surface area (Å²) in [5.74, 6) is -3.93. The number of carbonyl (C=O) groups is 2. The summed E-state index contributed by atoms with van der Waals surface area (Å²) in [7, 11) is 0. The lowest BCUT2D eigenvalue weighted by atomic mass is 10.00. The Hall–Kier alpha value is -3.73. The number of carbonyl (C=O) groups excluding carboxylic acids is 2. The maximum absolute atomic E-state index is 14.2. The van der Waals surface area contributed by atoms with Crippen LogP contribution >= 0.6 is 0 Å². The van der Waals surface area contributed by atoms with Crippen LogP contribution < -0.4 is 5.32 Å². The third kappa shape index (κ3) is 5.57. The Labute approximate surface area is 218 Å². The van der Waals surface area contributed by atoms with Gasteiger partial charge in [0.15, 0.2) is 0 Å². The van der Waals surface area contributed by atoms with Crippen molar-refractivity contribution in [2.24, 2.45) is 5.92 Å². The van der Waals surface area contributed by atoms with Crippen LogP contribution in [-0.4, -0.2) is 55.5 Å². The monoisotopic (exact) mass is 529 g/mol. The number of aryl methyl sites for hydroxylation is 1. The van der Waals surface area contributed by atoms with Crippen LogP contribution in [0.1, 0.15) is 50.5 Å². The Balaban J connectivity index is 1.49. The molecule has 4 atom stereocenters. The molecule has 38 heavy (non-hydrogen) atoms. The molecule has 0 bridgehead atoms. The van der Waals surface area contributed by atoms with Crippen molar-refractivity contribution < 1.29 is 27.9 Å². The average Bonchev–Trinajstić information content (AvgIpc) is 3.44. The van der Waals surface area contributed by atoms with Gasteiger partial charge in [0.25, 0.3) is 0 Å². The van der Waals surface area contributed by atoms with Crippen molar-refractivity contribution in [1.82, 2.24) is 25.2 Å². The molecular formula is C27H30F3N5O3. The third-order valence-electron chi connectivity index (χ3n) is 6.72. The number of rotatable bonds is 7. The van der Waals surface area contributed by atoms with Crippen LogP contribution in [0.3, 0.4) is 0 Å². The number of amides is 2. The maximum atomic E-state index is 14.2. The van der Waals surface area contributed by atoms with Crippen LogP contribution in [0.15, 0.2) is 42.6 Å². The molecular weight excluding hydrogens is 499 g/mol. The number of benzene rings is 2. The highest BCUT2D eigenvalue weighted by Crippen LogP contribution is 2.29. The number of hydrogen-bond donors (Lipinski definition) is 2. The summed E-state index contributed by atoms with van der Waals surface area (Å²) >= 11 is 0. The highest BCUT2D eigenvalue weighted by atomic mass is 19.1. The molecule has 11 heteroatoms. The fourth-order valence-electron chi connectivity index (χ4n) is 4.83. The summed E-state index contributed by atoms with van der Waals surface area (Å²) in [5, 5.41) is 21.2. The zero-order valence-corrected chi connectivity index (χ0v) is 21.5. The minimum absolute atomic E-state index is 0.0195. The van der Waals surface area contributed by atoms with Crippen molar-refractivity contribution in [2.75, 3.05) is 6.54 Å². The standard InChI is InChI=1S/C27H30F3N5O3/c1-14(2)25(35-12-15(3)32-33-35)27(38)34-13-20(36)11-23(34)26(37)31-16(4)17-5-7-18(8-6-17)24-21(29)9-19(28)10-22(24)30/h5-10,12,14,16,20,23,25,36H,11,13H2,1-4H3,(H,31,37)/t16-,20+,23-,25-/m0/s1. The predicted octanol–water partition coefficient (Wildman–Crippen LogP) is 3.71. The van der Waals surface area contributed by atoms with Gasteiger partial charge in [-0.1, -0.05) is 43.3 Å². The second-order valence-electron chi connectivity index (χ2n) is 10.0. The number of aliphatic hydroxyl groups is 1. The summed E-state index contributed by atoms with van der Waals surface area (Å²) in [5.41, 5.74) is 1.19. The lowest BCUT2D eigenvalue weighted by Gasteiger charge is -2.30. The molecule has 1 aliphatic heterocycles. The van der Waals surface area contributed by atoms with E-state index in [2.05, 4.69) is 15.6 Å². The highest BCUT2D eigenvalue weighted by molar-refractivity contribution is 5.90. The quantitative estimate of drug-likeness (QED) is 0.486. The minimum Gasteiger partial charge on any atom is -0.391 e. The number of β-amino-alcohol motifs (C(OH)–C–C–N with tert-alkyl or cyclic N) is 1. The molecule has 1 aliphatic rings. The van der Waals surface area contributed by atoms with Gasteiger partial charge in [0.1, 0.15) is 29.5 Å². The topological polar surface area (TPSA) is 100 Å². The van der Waals surface area contributed by atoms with Gasteiger partial charge in [-0.2, -0.15) is 0 Å². The second-order valence-corrected chi connectivity index (χ2v) is 10.0. The number of halogens is 3. The first kappa shape index (κ1) is 27.3. The van der Waals surface area contributed by atoms with Gasteiger partial charge >= 0.3 is 0 Å². The van der Waals surface area contributed by atoms with E-state index in [-0.39, 0.29) is 35.9 Å². The molecule has 8 nitrogen and oxygen atoms in total. The summed E-state index contributed by atoms with van der Waals surface area (Å²) in [6.45, 7) is 7.26. The molecule has 0 saturated carbocycles. The van der Waals surface area contributed by atoms with E-state index in [1.807, 2.05) is 13.8 Å². The zero-order valence-electron chi connectivity index (χ0n) is 21.5.